The summed E-state index contributed by atoms with van der Waals surface area (Å²) in [5, 5.41) is 2.53. The minimum absolute atomic E-state index is 0.124. The molecule has 0 radical (unpaired) electrons. The van der Waals surface area contributed by atoms with E-state index in [9.17, 15) is 35.7 Å². The van der Waals surface area contributed by atoms with Crippen molar-refractivity contribution in [2.45, 2.75) is 37.2 Å². The van der Waals surface area contributed by atoms with E-state index in [0.29, 0.717) is 30.7 Å². The highest BCUT2D eigenvalue weighted by molar-refractivity contribution is 7.98. The highest BCUT2D eigenvalue weighted by Gasteiger charge is 2.79. The molecule has 0 aromatic heterocycles. The first kappa shape index (κ1) is 22.9. The van der Waals surface area contributed by atoms with E-state index < -0.39 is 46.0 Å². The standard InChI is InChI=1S/C18H19F6N3O2S2/c19-17(20,21)11-1-2-13(26-30-27-3-5-31(29)6-4-27)12(7-11)14(28)25-16-8-15(9-16,10-16)18(22,23)24/h1-2,7,26H,3-6,8-10H2,(H,25,28). The van der Waals surface area contributed by atoms with E-state index in [-0.39, 0.29) is 30.5 Å². The van der Waals surface area contributed by atoms with Crippen molar-refractivity contribution in [2.75, 3.05) is 29.3 Å². The Morgan fingerprint density at radius 2 is 1.71 bits per heavy atom. The SMILES string of the molecule is O=C(NC12CC(C(F)(F)F)(C1)C2)c1cc(C(F)(F)F)ccc1NSN1CC[S+]([O-])CC1. The Kier molecular flexibility index (Phi) is 5.63. The maximum absolute atomic E-state index is 13.2. The van der Waals surface area contributed by atoms with Gasteiger partial charge < -0.3 is 14.6 Å². The van der Waals surface area contributed by atoms with Crippen LogP contribution in [0.25, 0.3) is 0 Å². The third-order valence-electron chi connectivity index (χ3n) is 6.02. The van der Waals surface area contributed by atoms with Crippen molar-refractivity contribution in [3.63, 3.8) is 0 Å². The second-order valence-corrected chi connectivity index (χ2v) is 10.9. The normalized spacial score (nSPS) is 29.1. The number of nitrogens with zero attached hydrogens (tertiary/aromatic N) is 1. The fourth-order valence-corrected chi connectivity index (χ4v) is 6.41. The number of hydrogen-bond donors (Lipinski definition) is 2. The predicted molar refractivity (Wildman–Crippen MR) is 105 cm³/mol. The number of alkyl halides is 6. The lowest BCUT2D eigenvalue weighted by Crippen LogP contribution is -2.78. The molecule has 1 aliphatic heterocycles. The Hall–Kier alpha value is -1.31. The Balaban J connectivity index is 1.47. The molecule has 2 N–H and O–H groups in total. The van der Waals surface area contributed by atoms with E-state index in [1.165, 1.54) is 0 Å². The Labute approximate surface area is 181 Å². The molecule has 5 nitrogen and oxygen atoms in total. The van der Waals surface area contributed by atoms with Crippen LogP contribution >= 0.6 is 12.1 Å². The fraction of sp³-hybridized carbons (Fsp3) is 0.611. The van der Waals surface area contributed by atoms with Gasteiger partial charge in [-0.05, 0) is 37.5 Å². The van der Waals surface area contributed by atoms with Gasteiger partial charge in [0.15, 0.2) is 0 Å². The summed E-state index contributed by atoms with van der Waals surface area (Å²) in [5.74, 6) is 0.0984. The number of anilines is 1. The van der Waals surface area contributed by atoms with Gasteiger partial charge in [0.1, 0.15) is 11.5 Å². The van der Waals surface area contributed by atoms with Gasteiger partial charge in [-0.2, -0.15) is 26.3 Å². The number of benzene rings is 1. The van der Waals surface area contributed by atoms with Crippen molar-refractivity contribution in [1.29, 1.82) is 0 Å². The Morgan fingerprint density at radius 1 is 1.10 bits per heavy atom. The van der Waals surface area contributed by atoms with Gasteiger partial charge >= 0.3 is 12.4 Å². The van der Waals surface area contributed by atoms with Gasteiger partial charge in [-0.25, -0.2) is 4.31 Å². The number of rotatable bonds is 5. The van der Waals surface area contributed by atoms with Crippen molar-refractivity contribution < 1.29 is 35.7 Å². The highest BCUT2D eigenvalue weighted by Crippen LogP contribution is 2.73. The third kappa shape index (κ3) is 4.33. The number of carbonyl (C=O) groups is 1. The summed E-state index contributed by atoms with van der Waals surface area (Å²) in [5.41, 5.74) is -3.97. The van der Waals surface area contributed by atoms with E-state index in [2.05, 4.69) is 10.0 Å². The minimum Gasteiger partial charge on any atom is -0.616 e. The van der Waals surface area contributed by atoms with Crippen molar-refractivity contribution >= 4 is 34.9 Å². The molecule has 5 rings (SSSR count). The van der Waals surface area contributed by atoms with E-state index in [1.54, 1.807) is 0 Å². The lowest BCUT2D eigenvalue weighted by molar-refractivity contribution is -0.336. The predicted octanol–water partition coefficient (Wildman–Crippen LogP) is 3.96. The van der Waals surface area contributed by atoms with Crippen LogP contribution in [0.4, 0.5) is 32.0 Å². The van der Waals surface area contributed by atoms with Crippen molar-refractivity contribution in [2.24, 2.45) is 5.41 Å². The molecule has 1 heterocycles. The molecular formula is C18H19F6N3O2S2. The summed E-state index contributed by atoms with van der Waals surface area (Å²) in [4.78, 5) is 12.8. The van der Waals surface area contributed by atoms with Gasteiger partial charge in [0.2, 0.25) is 0 Å². The van der Waals surface area contributed by atoms with Crippen LogP contribution in [0.15, 0.2) is 18.2 Å². The first-order valence-electron chi connectivity index (χ1n) is 9.46. The molecule has 4 fully saturated rings. The van der Waals surface area contributed by atoms with Gasteiger partial charge in [-0.3, -0.25) is 4.79 Å². The molecule has 172 valence electrons. The zero-order valence-electron chi connectivity index (χ0n) is 16.0. The molecule has 1 aromatic rings. The Morgan fingerprint density at radius 3 is 2.26 bits per heavy atom. The van der Waals surface area contributed by atoms with Crippen molar-refractivity contribution in [1.82, 2.24) is 9.62 Å². The number of hydrogen-bond acceptors (Lipinski definition) is 5. The molecule has 0 unspecified atom stereocenters. The summed E-state index contributed by atoms with van der Waals surface area (Å²) >= 11 is 0.189. The smallest absolute Gasteiger partial charge is 0.416 e. The Bertz CT molecular complexity index is 851. The molecule has 31 heavy (non-hydrogen) atoms. The largest absolute Gasteiger partial charge is 0.616 e. The van der Waals surface area contributed by atoms with Gasteiger partial charge in [0, 0.05) is 17.7 Å². The summed E-state index contributed by atoms with van der Waals surface area (Å²) in [7, 11) is 0. The third-order valence-corrected chi connectivity index (χ3v) is 8.23. The molecule has 1 saturated heterocycles. The van der Waals surface area contributed by atoms with Gasteiger partial charge in [0.05, 0.1) is 35.3 Å². The van der Waals surface area contributed by atoms with Crippen LogP contribution in [-0.4, -0.2) is 51.1 Å². The van der Waals surface area contributed by atoms with Gasteiger partial charge in [-0.15, -0.1) is 0 Å². The zero-order chi connectivity index (χ0) is 22.7. The molecule has 1 amide bonds. The molecule has 3 aliphatic carbocycles. The van der Waals surface area contributed by atoms with Gasteiger partial charge in [0.25, 0.3) is 5.91 Å². The van der Waals surface area contributed by atoms with Crippen molar-refractivity contribution in [3.8, 4) is 0 Å². The maximum Gasteiger partial charge on any atom is 0.416 e. The van der Waals surface area contributed by atoms with Crippen LogP contribution in [0.2, 0.25) is 0 Å². The molecular weight excluding hydrogens is 468 g/mol. The average molecular weight is 487 g/mol. The summed E-state index contributed by atoms with van der Waals surface area (Å²) in [6.07, 6.45) is -9.78. The molecule has 1 aromatic carbocycles. The van der Waals surface area contributed by atoms with E-state index >= 15 is 0 Å². The monoisotopic (exact) mass is 487 g/mol. The number of amides is 1. The maximum atomic E-state index is 13.2. The number of halogens is 6. The molecule has 3 saturated carbocycles. The van der Waals surface area contributed by atoms with Crippen molar-refractivity contribution in [3.05, 3.63) is 29.3 Å². The topological polar surface area (TPSA) is 67.4 Å². The van der Waals surface area contributed by atoms with Crippen LogP contribution in [0.5, 0.6) is 0 Å². The average Bonchev–Trinajstić information content (AvgIpc) is 2.60. The molecule has 0 atom stereocenters. The zero-order valence-corrected chi connectivity index (χ0v) is 17.7. The summed E-state index contributed by atoms with van der Waals surface area (Å²) < 4.78 is 94.7. The van der Waals surface area contributed by atoms with Gasteiger partial charge in [-0.1, -0.05) is 11.2 Å². The van der Waals surface area contributed by atoms with Crippen LogP contribution in [0, 0.1) is 5.41 Å². The first-order valence-corrected chi connectivity index (χ1v) is 11.7. The fourth-order valence-electron chi connectivity index (χ4n) is 4.35. The second-order valence-electron chi connectivity index (χ2n) is 8.27. The highest BCUT2D eigenvalue weighted by atomic mass is 32.2. The van der Waals surface area contributed by atoms with Crippen LogP contribution in [0.3, 0.4) is 0 Å². The molecule has 0 spiro atoms. The second kappa shape index (κ2) is 7.63. The van der Waals surface area contributed by atoms with Crippen LogP contribution in [-0.2, 0) is 17.4 Å². The van der Waals surface area contributed by atoms with E-state index in [0.717, 1.165) is 24.3 Å². The lowest BCUT2D eigenvalue weighted by atomic mass is 9.39. The lowest BCUT2D eigenvalue weighted by Gasteiger charge is -2.70. The quantitative estimate of drug-likeness (QED) is 0.374. The van der Waals surface area contributed by atoms with Crippen LogP contribution < -0.4 is 10.0 Å². The molecule has 13 heteroatoms. The van der Waals surface area contributed by atoms with E-state index in [4.69, 9.17) is 0 Å². The summed E-state index contributed by atoms with van der Waals surface area (Å²) in [6.45, 7) is 1.02. The minimum atomic E-state index is -4.67. The number of nitrogens with one attached hydrogen (secondary N) is 2. The molecule has 2 bridgehead atoms. The number of carbonyl (C=O) groups excluding carboxylic acids is 1. The van der Waals surface area contributed by atoms with E-state index in [1.807, 2.05) is 4.31 Å². The molecule has 4 aliphatic rings. The van der Waals surface area contributed by atoms with Crippen LogP contribution in [0.1, 0.15) is 35.2 Å². The summed E-state index contributed by atoms with van der Waals surface area (Å²) in [6, 6.07) is 2.67. The first-order chi connectivity index (χ1) is 14.3.